The molecule has 2 N–H and O–H groups in total. The first-order valence-corrected chi connectivity index (χ1v) is 6.37. The highest BCUT2D eigenvalue weighted by Gasteiger charge is 2.34. The summed E-state index contributed by atoms with van der Waals surface area (Å²) in [5, 5.41) is 12.1. The van der Waals surface area contributed by atoms with Crippen LogP contribution in [-0.4, -0.2) is 27.6 Å². The molecule has 1 aromatic heterocycles. The lowest BCUT2D eigenvalue weighted by molar-refractivity contribution is 0.0690. The summed E-state index contributed by atoms with van der Waals surface area (Å²) in [6, 6.07) is 1.48. The Kier molecular flexibility index (Phi) is 3.50. The number of carbonyl (C=O) groups is 1. The number of hydrogen-bond donors (Lipinski definition) is 2. The molecule has 0 amide bonds. The number of nitrogens with zero attached hydrogens (tertiary/aromatic N) is 2. The van der Waals surface area contributed by atoms with Crippen molar-refractivity contribution in [2.75, 3.05) is 11.9 Å². The van der Waals surface area contributed by atoms with E-state index in [9.17, 15) is 4.79 Å². The van der Waals surface area contributed by atoms with Gasteiger partial charge in [0.25, 0.3) is 0 Å². The van der Waals surface area contributed by atoms with Crippen LogP contribution in [0.3, 0.4) is 0 Å². The third-order valence-electron chi connectivity index (χ3n) is 3.86. The van der Waals surface area contributed by atoms with E-state index in [0.29, 0.717) is 17.1 Å². The first kappa shape index (κ1) is 12.8. The minimum absolute atomic E-state index is 0.0455. The lowest BCUT2D eigenvalue weighted by atomic mass is 9.67. The second kappa shape index (κ2) is 4.92. The maximum atomic E-state index is 10.9. The molecule has 0 aliphatic heterocycles. The normalized spacial score (nSPS) is 17.0. The number of anilines is 1. The topological polar surface area (TPSA) is 75.1 Å². The van der Waals surface area contributed by atoms with E-state index in [2.05, 4.69) is 22.2 Å². The van der Waals surface area contributed by atoms with Gasteiger partial charge in [-0.1, -0.05) is 13.3 Å². The molecular weight excluding hydrogens is 230 g/mol. The van der Waals surface area contributed by atoms with Crippen LogP contribution in [0.5, 0.6) is 0 Å². The standard InChI is InChI=1S/C13H19N3O2/c1-3-13(5-4-6-13)8-14-12-15-9(2)7-10(16-12)11(17)18/h7H,3-6,8H2,1-2H3,(H,17,18)(H,14,15,16). The predicted octanol–water partition coefficient (Wildman–Crippen LogP) is 2.48. The summed E-state index contributed by atoms with van der Waals surface area (Å²) in [5.74, 6) is -0.593. The van der Waals surface area contributed by atoms with Crippen molar-refractivity contribution >= 4 is 11.9 Å². The van der Waals surface area contributed by atoms with Gasteiger partial charge in [0.2, 0.25) is 5.95 Å². The second-order valence-corrected chi connectivity index (χ2v) is 5.08. The second-order valence-electron chi connectivity index (χ2n) is 5.08. The molecule has 1 saturated carbocycles. The third-order valence-corrected chi connectivity index (χ3v) is 3.86. The zero-order valence-corrected chi connectivity index (χ0v) is 10.9. The molecule has 1 heterocycles. The van der Waals surface area contributed by atoms with Gasteiger partial charge in [-0.3, -0.25) is 0 Å². The predicted molar refractivity (Wildman–Crippen MR) is 68.8 cm³/mol. The molecule has 0 radical (unpaired) electrons. The monoisotopic (exact) mass is 249 g/mol. The summed E-state index contributed by atoms with van der Waals surface area (Å²) in [6.45, 7) is 4.80. The molecule has 0 atom stereocenters. The summed E-state index contributed by atoms with van der Waals surface area (Å²) in [4.78, 5) is 19.1. The largest absolute Gasteiger partial charge is 0.477 e. The zero-order chi connectivity index (χ0) is 13.2. The molecule has 0 bridgehead atoms. The Morgan fingerprint density at radius 3 is 2.72 bits per heavy atom. The quantitative estimate of drug-likeness (QED) is 0.838. The van der Waals surface area contributed by atoms with Crippen LogP contribution in [0.1, 0.15) is 48.8 Å². The number of carboxylic acids is 1. The van der Waals surface area contributed by atoms with Gasteiger partial charge in [-0.05, 0) is 37.7 Å². The minimum Gasteiger partial charge on any atom is -0.477 e. The highest BCUT2D eigenvalue weighted by Crippen LogP contribution is 2.43. The fourth-order valence-corrected chi connectivity index (χ4v) is 2.36. The highest BCUT2D eigenvalue weighted by atomic mass is 16.4. The van der Waals surface area contributed by atoms with Gasteiger partial charge in [-0.2, -0.15) is 0 Å². The van der Waals surface area contributed by atoms with Crippen molar-refractivity contribution in [3.63, 3.8) is 0 Å². The molecule has 18 heavy (non-hydrogen) atoms. The molecule has 2 rings (SSSR count). The molecule has 1 fully saturated rings. The summed E-state index contributed by atoms with van der Waals surface area (Å²) < 4.78 is 0. The van der Waals surface area contributed by atoms with Gasteiger partial charge in [0.05, 0.1) is 0 Å². The van der Waals surface area contributed by atoms with Gasteiger partial charge in [0.1, 0.15) is 0 Å². The average Bonchev–Trinajstić information content (AvgIpc) is 2.27. The minimum atomic E-state index is -1.02. The van der Waals surface area contributed by atoms with Crippen molar-refractivity contribution in [1.82, 2.24) is 9.97 Å². The zero-order valence-electron chi connectivity index (χ0n) is 10.9. The van der Waals surface area contributed by atoms with Crippen molar-refractivity contribution in [1.29, 1.82) is 0 Å². The van der Waals surface area contributed by atoms with E-state index < -0.39 is 5.97 Å². The number of carboxylic acid groups (broad SMARTS) is 1. The van der Waals surface area contributed by atoms with E-state index in [1.165, 1.54) is 25.3 Å². The Morgan fingerprint density at radius 2 is 2.22 bits per heavy atom. The number of rotatable bonds is 5. The molecule has 1 aliphatic rings. The summed E-state index contributed by atoms with van der Waals surface area (Å²) >= 11 is 0. The van der Waals surface area contributed by atoms with Gasteiger partial charge in [0, 0.05) is 12.2 Å². The molecule has 1 aliphatic carbocycles. The van der Waals surface area contributed by atoms with E-state index in [1.54, 1.807) is 6.92 Å². The van der Waals surface area contributed by atoms with Crippen LogP contribution in [0, 0.1) is 12.3 Å². The number of hydrogen-bond acceptors (Lipinski definition) is 4. The van der Waals surface area contributed by atoms with Crippen molar-refractivity contribution in [2.24, 2.45) is 5.41 Å². The smallest absolute Gasteiger partial charge is 0.354 e. The molecule has 0 spiro atoms. The van der Waals surface area contributed by atoms with Crippen LogP contribution < -0.4 is 5.32 Å². The van der Waals surface area contributed by atoms with Crippen molar-refractivity contribution in [2.45, 2.75) is 39.5 Å². The maximum absolute atomic E-state index is 10.9. The van der Waals surface area contributed by atoms with E-state index in [4.69, 9.17) is 5.11 Å². The van der Waals surface area contributed by atoms with Gasteiger partial charge >= 0.3 is 5.97 Å². The van der Waals surface area contributed by atoms with Crippen LogP contribution in [0.25, 0.3) is 0 Å². The van der Waals surface area contributed by atoms with Crippen LogP contribution in [0.2, 0.25) is 0 Å². The first-order chi connectivity index (χ1) is 8.54. The number of aryl methyl sites for hydroxylation is 1. The number of aromatic carboxylic acids is 1. The van der Waals surface area contributed by atoms with Gasteiger partial charge < -0.3 is 10.4 Å². The van der Waals surface area contributed by atoms with Crippen molar-refractivity contribution < 1.29 is 9.90 Å². The Morgan fingerprint density at radius 1 is 1.50 bits per heavy atom. The number of aromatic nitrogens is 2. The lowest BCUT2D eigenvalue weighted by Gasteiger charge is -2.41. The molecule has 5 heteroatoms. The Hall–Kier alpha value is -1.65. The van der Waals surface area contributed by atoms with Gasteiger partial charge in [-0.25, -0.2) is 14.8 Å². The Bertz CT molecular complexity index is 450. The maximum Gasteiger partial charge on any atom is 0.354 e. The van der Waals surface area contributed by atoms with E-state index >= 15 is 0 Å². The summed E-state index contributed by atoms with van der Waals surface area (Å²) in [5.41, 5.74) is 1.07. The molecule has 1 aromatic rings. The summed E-state index contributed by atoms with van der Waals surface area (Å²) in [6.07, 6.45) is 4.88. The molecule has 0 unspecified atom stereocenters. The third kappa shape index (κ3) is 2.60. The Labute approximate surface area is 107 Å². The van der Waals surface area contributed by atoms with Crippen LogP contribution in [0.15, 0.2) is 6.07 Å². The van der Waals surface area contributed by atoms with Crippen LogP contribution in [-0.2, 0) is 0 Å². The SMILES string of the molecule is CCC1(CNc2nc(C)cc(C(=O)O)n2)CCC1. The van der Waals surface area contributed by atoms with Crippen LogP contribution >= 0.6 is 0 Å². The summed E-state index contributed by atoms with van der Waals surface area (Å²) in [7, 11) is 0. The van der Waals surface area contributed by atoms with Crippen molar-refractivity contribution in [3.05, 3.63) is 17.5 Å². The average molecular weight is 249 g/mol. The molecule has 0 saturated heterocycles. The highest BCUT2D eigenvalue weighted by molar-refractivity contribution is 5.85. The van der Waals surface area contributed by atoms with E-state index in [0.717, 1.165) is 13.0 Å². The molecular formula is C13H19N3O2. The fraction of sp³-hybridized carbons (Fsp3) is 0.615. The Balaban J connectivity index is 2.07. The first-order valence-electron chi connectivity index (χ1n) is 6.37. The fourth-order valence-electron chi connectivity index (χ4n) is 2.36. The lowest BCUT2D eigenvalue weighted by Crippen LogP contribution is -2.36. The van der Waals surface area contributed by atoms with Gasteiger partial charge in [-0.15, -0.1) is 0 Å². The number of nitrogens with one attached hydrogen (secondary N) is 1. The molecule has 98 valence electrons. The molecule has 5 nitrogen and oxygen atoms in total. The van der Waals surface area contributed by atoms with E-state index in [1.807, 2.05) is 0 Å². The van der Waals surface area contributed by atoms with Crippen LogP contribution in [0.4, 0.5) is 5.95 Å². The molecule has 0 aromatic carbocycles. The van der Waals surface area contributed by atoms with Crippen molar-refractivity contribution in [3.8, 4) is 0 Å². The van der Waals surface area contributed by atoms with E-state index in [-0.39, 0.29) is 5.69 Å². The van der Waals surface area contributed by atoms with Gasteiger partial charge in [0.15, 0.2) is 5.69 Å².